The van der Waals surface area contributed by atoms with Gasteiger partial charge in [0.25, 0.3) is 0 Å². The molecule has 3 rings (SSSR count). The number of ether oxygens (including phenoxy) is 1. The highest BCUT2D eigenvalue weighted by atomic mass is 16.5. The van der Waals surface area contributed by atoms with Crippen LogP contribution in [0.2, 0.25) is 0 Å². The van der Waals surface area contributed by atoms with Crippen LogP contribution < -0.4 is 5.32 Å². The lowest BCUT2D eigenvalue weighted by atomic mass is 9.86. The molecule has 2 amide bonds. The molecule has 154 valence electrons. The Morgan fingerprint density at radius 2 is 1.70 bits per heavy atom. The molecule has 3 aliphatic rings. The maximum absolute atomic E-state index is 12.7. The summed E-state index contributed by atoms with van der Waals surface area (Å²) in [6.45, 7) is 10.8. The Morgan fingerprint density at radius 3 is 2.37 bits per heavy atom. The van der Waals surface area contributed by atoms with Crippen LogP contribution in [-0.2, 0) is 14.3 Å². The fraction of sp³-hybridized carbons (Fsp3) is 0.900. The van der Waals surface area contributed by atoms with Gasteiger partial charge in [0.2, 0.25) is 11.8 Å². The molecule has 0 aromatic rings. The summed E-state index contributed by atoms with van der Waals surface area (Å²) in [4.78, 5) is 31.4. The Balaban J connectivity index is 1.40. The van der Waals surface area contributed by atoms with E-state index < -0.39 is 0 Å². The summed E-state index contributed by atoms with van der Waals surface area (Å²) in [6.07, 6.45) is 4.83. The fourth-order valence-electron chi connectivity index (χ4n) is 4.41. The summed E-state index contributed by atoms with van der Waals surface area (Å²) < 4.78 is 5.31. The van der Waals surface area contributed by atoms with Crippen LogP contribution in [0.3, 0.4) is 0 Å². The second-order valence-electron chi connectivity index (χ2n) is 8.36. The van der Waals surface area contributed by atoms with Crippen molar-refractivity contribution < 1.29 is 14.3 Å². The third-order valence-electron chi connectivity index (χ3n) is 6.50. The molecule has 3 unspecified atom stereocenters. The lowest BCUT2D eigenvalue weighted by Crippen LogP contribution is -2.57. The van der Waals surface area contributed by atoms with E-state index in [1.807, 2.05) is 11.8 Å². The van der Waals surface area contributed by atoms with Crippen LogP contribution in [0, 0.1) is 5.92 Å². The van der Waals surface area contributed by atoms with Gasteiger partial charge in [-0.1, -0.05) is 19.8 Å². The Hall–Kier alpha value is -1.18. The average molecular weight is 381 g/mol. The van der Waals surface area contributed by atoms with Crippen molar-refractivity contribution in [1.29, 1.82) is 0 Å². The molecule has 0 aromatic carbocycles. The molecule has 7 nitrogen and oxygen atoms in total. The zero-order valence-electron chi connectivity index (χ0n) is 17.0. The number of carbonyl (C=O) groups is 2. The van der Waals surface area contributed by atoms with Gasteiger partial charge in [-0.15, -0.1) is 0 Å². The van der Waals surface area contributed by atoms with Gasteiger partial charge in [0, 0.05) is 45.3 Å². The summed E-state index contributed by atoms with van der Waals surface area (Å²) in [7, 11) is 0. The molecular formula is C20H36N4O3. The minimum absolute atomic E-state index is 0.101. The maximum atomic E-state index is 12.7. The molecule has 27 heavy (non-hydrogen) atoms. The normalized spacial score (nSPS) is 29.3. The van der Waals surface area contributed by atoms with Crippen LogP contribution >= 0.6 is 0 Å². The molecule has 7 heteroatoms. The third-order valence-corrected chi connectivity index (χ3v) is 6.50. The number of carbonyl (C=O) groups excluding carboxylic acids is 2. The number of nitrogens with one attached hydrogen (secondary N) is 1. The predicted octanol–water partition coefficient (Wildman–Crippen LogP) is 0.546. The largest absolute Gasteiger partial charge is 0.378 e. The van der Waals surface area contributed by atoms with Gasteiger partial charge in [-0.25, -0.2) is 0 Å². The Bertz CT molecular complexity index is 501. The highest BCUT2D eigenvalue weighted by Crippen LogP contribution is 2.24. The fourth-order valence-corrected chi connectivity index (χ4v) is 4.41. The second-order valence-corrected chi connectivity index (χ2v) is 8.36. The van der Waals surface area contributed by atoms with Crippen molar-refractivity contribution in [2.24, 2.45) is 5.92 Å². The van der Waals surface area contributed by atoms with Crippen molar-refractivity contribution >= 4 is 11.8 Å². The minimum Gasteiger partial charge on any atom is -0.378 e. The number of piperazine rings is 1. The van der Waals surface area contributed by atoms with E-state index in [0.717, 1.165) is 32.6 Å². The molecule has 0 spiro atoms. The van der Waals surface area contributed by atoms with E-state index in [1.165, 1.54) is 19.3 Å². The van der Waals surface area contributed by atoms with Crippen LogP contribution in [-0.4, -0.2) is 97.6 Å². The van der Waals surface area contributed by atoms with Gasteiger partial charge < -0.3 is 15.0 Å². The van der Waals surface area contributed by atoms with Crippen molar-refractivity contribution in [3.05, 3.63) is 0 Å². The molecule has 3 fully saturated rings. The highest BCUT2D eigenvalue weighted by Gasteiger charge is 2.30. The van der Waals surface area contributed by atoms with E-state index in [9.17, 15) is 9.59 Å². The van der Waals surface area contributed by atoms with Crippen molar-refractivity contribution in [2.45, 2.75) is 51.6 Å². The number of hydrogen-bond acceptors (Lipinski definition) is 5. The number of nitrogens with zero attached hydrogens (tertiary/aromatic N) is 3. The first kappa shape index (κ1) is 20.6. The first-order valence-corrected chi connectivity index (χ1v) is 10.7. The summed E-state index contributed by atoms with van der Waals surface area (Å²) in [5, 5.41) is 3.29. The van der Waals surface area contributed by atoms with Crippen molar-refractivity contribution in [3.63, 3.8) is 0 Å². The Labute approximate surface area is 163 Å². The minimum atomic E-state index is -0.101. The lowest BCUT2D eigenvalue weighted by Gasteiger charge is -2.39. The van der Waals surface area contributed by atoms with Gasteiger partial charge in [-0.3, -0.25) is 19.4 Å². The maximum Gasteiger partial charge on any atom is 0.237 e. The first-order valence-electron chi connectivity index (χ1n) is 10.7. The topological polar surface area (TPSA) is 65.1 Å². The zero-order chi connectivity index (χ0) is 19.2. The molecule has 3 atom stereocenters. The van der Waals surface area contributed by atoms with E-state index in [4.69, 9.17) is 4.74 Å². The molecule has 0 bridgehead atoms. The van der Waals surface area contributed by atoms with Crippen LogP contribution in [0.15, 0.2) is 0 Å². The molecule has 0 radical (unpaired) electrons. The van der Waals surface area contributed by atoms with Crippen molar-refractivity contribution in [3.8, 4) is 0 Å². The van der Waals surface area contributed by atoms with Crippen LogP contribution in [0.25, 0.3) is 0 Å². The van der Waals surface area contributed by atoms with Crippen LogP contribution in [0.1, 0.15) is 39.5 Å². The van der Waals surface area contributed by atoms with Crippen molar-refractivity contribution in [2.75, 3.05) is 59.0 Å². The van der Waals surface area contributed by atoms with Crippen LogP contribution in [0.5, 0.6) is 0 Å². The lowest BCUT2D eigenvalue weighted by molar-refractivity contribution is -0.137. The molecule has 1 saturated carbocycles. The second kappa shape index (κ2) is 9.85. The summed E-state index contributed by atoms with van der Waals surface area (Å²) >= 11 is 0. The smallest absolute Gasteiger partial charge is 0.237 e. The molecular weight excluding hydrogens is 344 g/mol. The van der Waals surface area contributed by atoms with Crippen molar-refractivity contribution in [1.82, 2.24) is 20.0 Å². The molecule has 2 aliphatic heterocycles. The van der Waals surface area contributed by atoms with Gasteiger partial charge >= 0.3 is 0 Å². The Morgan fingerprint density at radius 1 is 1.04 bits per heavy atom. The Kier molecular flexibility index (Phi) is 7.49. The molecule has 1 aliphatic carbocycles. The van der Waals surface area contributed by atoms with Gasteiger partial charge in [0.05, 0.1) is 25.8 Å². The zero-order valence-corrected chi connectivity index (χ0v) is 17.0. The molecule has 2 saturated heterocycles. The standard InChI is InChI=1S/C20H36N4O3/c1-16-5-3-4-6-18(16)21-20(26)17(2)23-9-7-22(8-10-23)15-19(25)24-11-13-27-14-12-24/h16-18H,3-15H2,1-2H3,(H,21,26). The van der Waals surface area contributed by atoms with E-state index in [0.29, 0.717) is 44.8 Å². The number of morpholine rings is 1. The summed E-state index contributed by atoms with van der Waals surface area (Å²) in [5.41, 5.74) is 0. The quantitative estimate of drug-likeness (QED) is 0.754. The first-order chi connectivity index (χ1) is 13.0. The third kappa shape index (κ3) is 5.65. The van der Waals surface area contributed by atoms with Gasteiger partial charge in [0.1, 0.15) is 0 Å². The number of hydrogen-bond donors (Lipinski definition) is 1. The number of rotatable bonds is 5. The predicted molar refractivity (Wildman–Crippen MR) is 104 cm³/mol. The number of amides is 2. The molecule has 0 aromatic heterocycles. The summed E-state index contributed by atoms with van der Waals surface area (Å²) in [5.74, 6) is 0.938. The van der Waals surface area contributed by atoms with E-state index in [2.05, 4.69) is 22.0 Å². The average Bonchev–Trinajstić information content (AvgIpc) is 2.70. The van der Waals surface area contributed by atoms with E-state index in [-0.39, 0.29) is 17.9 Å². The summed E-state index contributed by atoms with van der Waals surface area (Å²) in [6, 6.07) is 0.234. The van der Waals surface area contributed by atoms with Gasteiger partial charge in [0.15, 0.2) is 0 Å². The highest BCUT2D eigenvalue weighted by molar-refractivity contribution is 5.81. The van der Waals surface area contributed by atoms with Crippen LogP contribution in [0.4, 0.5) is 0 Å². The molecule has 2 heterocycles. The SMILES string of the molecule is CC1CCCCC1NC(=O)C(C)N1CCN(CC(=O)N2CCOCC2)CC1. The van der Waals surface area contributed by atoms with Gasteiger partial charge in [-0.05, 0) is 25.7 Å². The van der Waals surface area contributed by atoms with E-state index >= 15 is 0 Å². The van der Waals surface area contributed by atoms with Gasteiger partial charge in [-0.2, -0.15) is 0 Å². The monoisotopic (exact) mass is 380 g/mol. The van der Waals surface area contributed by atoms with E-state index in [1.54, 1.807) is 0 Å². The molecule has 1 N–H and O–H groups in total.